The first kappa shape index (κ1) is 9.58. The molecule has 0 aliphatic carbocycles. The fraction of sp³-hybridized carbons (Fsp3) is 0.182. The van der Waals surface area contributed by atoms with Gasteiger partial charge in [-0.25, -0.2) is 0 Å². The van der Waals surface area contributed by atoms with Gasteiger partial charge in [0.25, 0.3) is 5.91 Å². The number of ether oxygens (including phenoxy) is 1. The third kappa shape index (κ3) is 1.66. The van der Waals surface area contributed by atoms with Crippen LogP contribution >= 0.6 is 0 Å². The number of anilines is 1. The van der Waals surface area contributed by atoms with Crippen LogP contribution in [0.2, 0.25) is 0 Å². The second-order valence-corrected chi connectivity index (χ2v) is 3.19. The summed E-state index contributed by atoms with van der Waals surface area (Å²) in [6.07, 6.45) is 1.27. The lowest BCUT2D eigenvalue weighted by molar-refractivity contribution is -0.114. The molecule has 0 bridgehead atoms. The maximum atomic E-state index is 11.5. The molecular weight excluding hydrogens is 194 g/mol. The van der Waals surface area contributed by atoms with E-state index in [0.29, 0.717) is 24.6 Å². The largest absolute Gasteiger partial charge is 0.508 e. The van der Waals surface area contributed by atoms with Crippen molar-refractivity contribution in [3.05, 3.63) is 30.9 Å². The number of amides is 1. The fourth-order valence-electron chi connectivity index (χ4n) is 1.55. The molecule has 0 spiro atoms. The molecule has 0 saturated heterocycles. The lowest BCUT2D eigenvalue weighted by atomic mass is 10.2. The third-order valence-electron chi connectivity index (χ3n) is 2.25. The second kappa shape index (κ2) is 3.65. The van der Waals surface area contributed by atoms with E-state index in [-0.39, 0.29) is 11.7 Å². The number of phenols is 1. The highest BCUT2D eigenvalue weighted by atomic mass is 16.5. The number of benzene rings is 1. The molecule has 1 aromatic rings. The molecule has 4 nitrogen and oxygen atoms in total. The van der Waals surface area contributed by atoms with Gasteiger partial charge < -0.3 is 14.7 Å². The van der Waals surface area contributed by atoms with Crippen LogP contribution in [0.4, 0.5) is 5.69 Å². The van der Waals surface area contributed by atoms with Crippen LogP contribution in [-0.2, 0) is 4.79 Å². The summed E-state index contributed by atoms with van der Waals surface area (Å²) in [7, 11) is 0. The Balaban J connectivity index is 2.42. The van der Waals surface area contributed by atoms with E-state index in [0.717, 1.165) is 0 Å². The van der Waals surface area contributed by atoms with Gasteiger partial charge in [-0.05, 0) is 18.2 Å². The molecule has 0 radical (unpaired) electrons. The Kier molecular flexibility index (Phi) is 2.33. The number of carbonyl (C=O) groups excluding carboxylic acids is 1. The average molecular weight is 205 g/mol. The predicted octanol–water partition coefficient (Wildman–Crippen LogP) is 1.30. The van der Waals surface area contributed by atoms with E-state index < -0.39 is 0 Å². The maximum absolute atomic E-state index is 11.5. The summed E-state index contributed by atoms with van der Waals surface area (Å²) in [6, 6.07) is 4.68. The molecule has 1 aliphatic rings. The Bertz CT molecular complexity index is 414. The van der Waals surface area contributed by atoms with Gasteiger partial charge in [-0.2, -0.15) is 0 Å². The molecule has 1 N–H and O–H groups in total. The van der Waals surface area contributed by atoms with Gasteiger partial charge in [-0.15, -0.1) is 0 Å². The highest BCUT2D eigenvalue weighted by Crippen LogP contribution is 2.34. The van der Waals surface area contributed by atoms with Crippen molar-refractivity contribution in [2.45, 2.75) is 0 Å². The van der Waals surface area contributed by atoms with Crippen LogP contribution in [0.5, 0.6) is 11.5 Å². The summed E-state index contributed by atoms with van der Waals surface area (Å²) in [5.74, 6) is 0.489. The van der Waals surface area contributed by atoms with Crippen LogP contribution in [0, 0.1) is 0 Å². The molecule has 0 aromatic heterocycles. The Hall–Kier alpha value is -1.97. The molecule has 1 aromatic carbocycles. The van der Waals surface area contributed by atoms with E-state index in [2.05, 4.69) is 6.58 Å². The zero-order valence-electron chi connectivity index (χ0n) is 8.14. The Morgan fingerprint density at radius 1 is 1.60 bits per heavy atom. The normalized spacial score (nSPS) is 14.0. The molecule has 1 aliphatic heterocycles. The fourth-order valence-corrected chi connectivity index (χ4v) is 1.55. The number of fused-ring (bicyclic) bond motifs is 1. The summed E-state index contributed by atoms with van der Waals surface area (Å²) < 4.78 is 5.34. The molecule has 0 unspecified atom stereocenters. The highest BCUT2D eigenvalue weighted by Gasteiger charge is 2.21. The van der Waals surface area contributed by atoms with Gasteiger partial charge in [-0.1, -0.05) is 6.58 Å². The zero-order chi connectivity index (χ0) is 10.8. The zero-order valence-corrected chi connectivity index (χ0v) is 8.14. The Labute approximate surface area is 87.4 Å². The van der Waals surface area contributed by atoms with E-state index in [4.69, 9.17) is 4.74 Å². The summed E-state index contributed by atoms with van der Waals surface area (Å²) in [5.41, 5.74) is 0.670. The Morgan fingerprint density at radius 2 is 2.40 bits per heavy atom. The lowest BCUT2D eigenvalue weighted by Gasteiger charge is -2.28. The van der Waals surface area contributed by atoms with E-state index in [1.807, 2.05) is 0 Å². The van der Waals surface area contributed by atoms with Crippen molar-refractivity contribution in [1.82, 2.24) is 0 Å². The summed E-state index contributed by atoms with van der Waals surface area (Å²) >= 11 is 0. The number of rotatable bonds is 1. The molecule has 15 heavy (non-hydrogen) atoms. The summed E-state index contributed by atoms with van der Waals surface area (Å²) in [5, 5.41) is 9.27. The number of hydrogen-bond acceptors (Lipinski definition) is 3. The minimum atomic E-state index is -0.162. The smallest absolute Gasteiger partial charge is 0.250 e. The van der Waals surface area contributed by atoms with Gasteiger partial charge in [0.15, 0.2) is 0 Å². The van der Waals surface area contributed by atoms with Crippen molar-refractivity contribution in [3.8, 4) is 11.5 Å². The predicted molar refractivity (Wildman–Crippen MR) is 56.2 cm³/mol. The molecule has 0 atom stereocenters. The van der Waals surface area contributed by atoms with Crippen LogP contribution in [0.1, 0.15) is 0 Å². The van der Waals surface area contributed by atoms with Gasteiger partial charge in [-0.3, -0.25) is 4.79 Å². The molecule has 4 heteroatoms. The summed E-state index contributed by atoms with van der Waals surface area (Å²) in [6.45, 7) is 4.37. The van der Waals surface area contributed by atoms with Crippen LogP contribution in [0.15, 0.2) is 30.9 Å². The number of carbonyl (C=O) groups is 1. The second-order valence-electron chi connectivity index (χ2n) is 3.19. The highest BCUT2D eigenvalue weighted by molar-refractivity contribution is 6.02. The standard InChI is InChI=1S/C11H11NO3/c1-2-11(14)12-5-6-15-10-7-8(13)3-4-9(10)12/h2-4,7,13H,1,5-6H2. The van der Waals surface area contributed by atoms with E-state index in [9.17, 15) is 9.90 Å². The van der Waals surface area contributed by atoms with Gasteiger partial charge in [0.2, 0.25) is 0 Å². The van der Waals surface area contributed by atoms with Crippen molar-refractivity contribution in [1.29, 1.82) is 0 Å². The molecule has 2 rings (SSSR count). The van der Waals surface area contributed by atoms with Crippen molar-refractivity contribution in [3.63, 3.8) is 0 Å². The summed E-state index contributed by atoms with van der Waals surface area (Å²) in [4.78, 5) is 13.1. The van der Waals surface area contributed by atoms with Crippen molar-refractivity contribution >= 4 is 11.6 Å². The minimum Gasteiger partial charge on any atom is -0.508 e. The number of hydrogen-bond donors (Lipinski definition) is 1. The molecule has 1 amide bonds. The van der Waals surface area contributed by atoms with Crippen LogP contribution < -0.4 is 9.64 Å². The van der Waals surface area contributed by atoms with Crippen molar-refractivity contribution < 1.29 is 14.6 Å². The first-order chi connectivity index (χ1) is 7.22. The van der Waals surface area contributed by atoms with E-state index in [1.54, 1.807) is 11.0 Å². The third-order valence-corrected chi connectivity index (χ3v) is 2.25. The topological polar surface area (TPSA) is 49.8 Å². The van der Waals surface area contributed by atoms with Crippen LogP contribution in [-0.4, -0.2) is 24.2 Å². The van der Waals surface area contributed by atoms with Gasteiger partial charge in [0, 0.05) is 6.07 Å². The number of aromatic hydroxyl groups is 1. The first-order valence-corrected chi connectivity index (χ1v) is 4.62. The molecule has 0 saturated carbocycles. The SMILES string of the molecule is C=CC(=O)N1CCOc2cc(O)ccc21. The maximum Gasteiger partial charge on any atom is 0.250 e. The lowest BCUT2D eigenvalue weighted by Crippen LogP contribution is -2.36. The van der Waals surface area contributed by atoms with Crippen LogP contribution in [0.25, 0.3) is 0 Å². The Morgan fingerprint density at radius 3 is 3.13 bits per heavy atom. The number of phenolic OH excluding ortho intramolecular Hbond substituents is 1. The van der Waals surface area contributed by atoms with Crippen LogP contribution in [0.3, 0.4) is 0 Å². The monoisotopic (exact) mass is 205 g/mol. The molecule has 1 heterocycles. The van der Waals surface area contributed by atoms with Crippen molar-refractivity contribution in [2.75, 3.05) is 18.1 Å². The van der Waals surface area contributed by atoms with E-state index in [1.165, 1.54) is 18.2 Å². The van der Waals surface area contributed by atoms with Crippen molar-refractivity contribution in [2.24, 2.45) is 0 Å². The molecule has 0 fully saturated rings. The quantitative estimate of drug-likeness (QED) is 0.703. The van der Waals surface area contributed by atoms with E-state index >= 15 is 0 Å². The first-order valence-electron chi connectivity index (χ1n) is 4.62. The molecule has 78 valence electrons. The minimum absolute atomic E-state index is 0.127. The van der Waals surface area contributed by atoms with Gasteiger partial charge >= 0.3 is 0 Å². The van der Waals surface area contributed by atoms with Gasteiger partial charge in [0.1, 0.15) is 18.1 Å². The molecular formula is C11H11NO3. The number of nitrogens with zero attached hydrogens (tertiary/aromatic N) is 1. The average Bonchev–Trinajstić information content (AvgIpc) is 2.26. The van der Waals surface area contributed by atoms with Gasteiger partial charge in [0.05, 0.1) is 12.2 Å².